The van der Waals surface area contributed by atoms with Gasteiger partial charge >= 0.3 is 0 Å². The largest absolute Gasteiger partial charge is 0.463 e. The number of carbonyl (C=O) groups is 1. The fourth-order valence-corrected chi connectivity index (χ4v) is 3.94. The number of allylic oxidation sites excluding steroid dienone is 1. The molecule has 1 aliphatic carbocycles. The molecule has 3 heterocycles. The van der Waals surface area contributed by atoms with Gasteiger partial charge in [0, 0.05) is 12.1 Å². The molecule has 0 spiro atoms. The monoisotopic (exact) mass is 413 g/mol. The van der Waals surface area contributed by atoms with E-state index in [2.05, 4.69) is 11.4 Å². The zero-order valence-corrected chi connectivity index (χ0v) is 17.1. The van der Waals surface area contributed by atoms with Crippen LogP contribution in [0, 0.1) is 0 Å². The van der Waals surface area contributed by atoms with E-state index >= 15 is 0 Å². The van der Waals surface area contributed by atoms with Gasteiger partial charge in [-0.3, -0.25) is 4.79 Å². The van der Waals surface area contributed by atoms with Crippen LogP contribution in [0.2, 0.25) is 0 Å². The molecule has 0 bridgehead atoms. The number of amides is 1. The maximum atomic E-state index is 12.7. The zero-order chi connectivity index (χ0) is 21.0. The molecule has 6 heteroatoms. The topological polar surface area (TPSA) is 81.2 Å². The number of furan rings is 2. The number of aromatic nitrogens is 2. The molecule has 0 radical (unpaired) electrons. The van der Waals surface area contributed by atoms with Gasteiger partial charge in [-0.25, -0.2) is 9.97 Å². The van der Waals surface area contributed by atoms with Gasteiger partial charge in [0.05, 0.1) is 23.6 Å². The Labute approximate surface area is 180 Å². The number of rotatable bonds is 6. The molecule has 0 saturated heterocycles. The number of nitrogens with zero attached hydrogens (tertiary/aromatic N) is 2. The summed E-state index contributed by atoms with van der Waals surface area (Å²) in [6, 6.07) is 12.7. The lowest BCUT2D eigenvalue weighted by Gasteiger charge is -2.13. The van der Waals surface area contributed by atoms with Gasteiger partial charge in [-0.2, -0.15) is 0 Å². The lowest BCUT2D eigenvalue weighted by Crippen LogP contribution is -2.24. The van der Waals surface area contributed by atoms with Crippen molar-refractivity contribution in [3.8, 4) is 22.9 Å². The normalized spacial score (nSPS) is 13.9. The molecule has 0 unspecified atom stereocenters. The summed E-state index contributed by atoms with van der Waals surface area (Å²) < 4.78 is 11.1. The quantitative estimate of drug-likeness (QED) is 0.406. The Morgan fingerprint density at radius 3 is 2.32 bits per heavy atom. The molecule has 1 aliphatic rings. The third kappa shape index (κ3) is 4.14. The van der Waals surface area contributed by atoms with Crippen molar-refractivity contribution >= 4 is 16.9 Å². The second kappa shape index (κ2) is 8.60. The molecule has 4 aromatic rings. The van der Waals surface area contributed by atoms with Crippen LogP contribution in [0.15, 0.2) is 75.5 Å². The summed E-state index contributed by atoms with van der Waals surface area (Å²) in [7, 11) is 0. The summed E-state index contributed by atoms with van der Waals surface area (Å²) in [5.74, 6) is 1.10. The van der Waals surface area contributed by atoms with Gasteiger partial charge in [-0.15, -0.1) is 0 Å². The average molecular weight is 413 g/mol. The van der Waals surface area contributed by atoms with Crippen LogP contribution in [-0.4, -0.2) is 22.4 Å². The lowest BCUT2D eigenvalue weighted by atomic mass is 9.97. The Hall–Kier alpha value is -3.67. The molecule has 0 fully saturated rings. The summed E-state index contributed by atoms with van der Waals surface area (Å²) >= 11 is 0. The summed E-state index contributed by atoms with van der Waals surface area (Å²) in [5, 5.41) is 3.03. The van der Waals surface area contributed by atoms with Gasteiger partial charge in [0.15, 0.2) is 11.5 Å². The minimum absolute atomic E-state index is 0.102. The first-order chi connectivity index (χ1) is 15.3. The summed E-state index contributed by atoms with van der Waals surface area (Å²) in [5.41, 5.74) is 4.51. The Morgan fingerprint density at radius 2 is 1.68 bits per heavy atom. The van der Waals surface area contributed by atoms with Crippen molar-refractivity contribution in [2.24, 2.45) is 0 Å². The minimum Gasteiger partial charge on any atom is -0.463 e. The molecule has 156 valence electrons. The molecule has 1 N–H and O–H groups in total. The van der Waals surface area contributed by atoms with Crippen LogP contribution in [0.3, 0.4) is 0 Å². The Balaban J connectivity index is 1.42. The SMILES string of the molecule is O=C(NCCC1=CCCCC1)c1ccc2nc(-c3ccco3)c(-c3ccco3)nc2c1. The zero-order valence-electron chi connectivity index (χ0n) is 17.1. The number of hydrogen-bond donors (Lipinski definition) is 1. The number of nitrogens with one attached hydrogen (secondary N) is 1. The Kier molecular flexibility index (Phi) is 5.35. The molecule has 3 aromatic heterocycles. The number of carbonyl (C=O) groups excluding carboxylic acids is 1. The fraction of sp³-hybridized carbons (Fsp3) is 0.240. The van der Waals surface area contributed by atoms with E-state index in [1.54, 1.807) is 30.7 Å². The highest BCUT2D eigenvalue weighted by Crippen LogP contribution is 2.31. The molecular formula is C25H23N3O3. The highest BCUT2D eigenvalue weighted by molar-refractivity contribution is 5.97. The van der Waals surface area contributed by atoms with Crippen molar-refractivity contribution in [3.05, 3.63) is 72.2 Å². The van der Waals surface area contributed by atoms with E-state index < -0.39 is 0 Å². The van der Waals surface area contributed by atoms with Gasteiger partial charge in [0.2, 0.25) is 0 Å². The van der Waals surface area contributed by atoms with Crippen molar-refractivity contribution in [2.45, 2.75) is 32.1 Å². The third-order valence-electron chi connectivity index (χ3n) is 5.55. The van der Waals surface area contributed by atoms with Gasteiger partial charge in [-0.1, -0.05) is 11.6 Å². The highest BCUT2D eigenvalue weighted by Gasteiger charge is 2.18. The Bertz CT molecular complexity index is 1220. The lowest BCUT2D eigenvalue weighted by molar-refractivity contribution is 0.0954. The molecule has 31 heavy (non-hydrogen) atoms. The van der Waals surface area contributed by atoms with Crippen LogP contribution in [0.25, 0.3) is 33.9 Å². The Morgan fingerprint density at radius 1 is 0.935 bits per heavy atom. The van der Waals surface area contributed by atoms with Gasteiger partial charge < -0.3 is 14.2 Å². The van der Waals surface area contributed by atoms with Crippen molar-refractivity contribution in [1.82, 2.24) is 15.3 Å². The maximum absolute atomic E-state index is 12.7. The van der Waals surface area contributed by atoms with E-state index in [-0.39, 0.29) is 5.91 Å². The van der Waals surface area contributed by atoms with E-state index in [1.165, 1.54) is 18.4 Å². The predicted octanol–water partition coefficient (Wildman–Crippen LogP) is 5.77. The first-order valence-corrected chi connectivity index (χ1v) is 10.6. The minimum atomic E-state index is -0.102. The van der Waals surface area contributed by atoms with Crippen LogP contribution in [0.1, 0.15) is 42.5 Å². The van der Waals surface area contributed by atoms with Gasteiger partial charge in [0.1, 0.15) is 11.4 Å². The molecule has 1 amide bonds. The first-order valence-electron chi connectivity index (χ1n) is 10.6. The number of benzene rings is 1. The van der Waals surface area contributed by atoms with Crippen LogP contribution in [-0.2, 0) is 0 Å². The summed E-state index contributed by atoms with van der Waals surface area (Å²) in [6.45, 7) is 0.642. The van der Waals surface area contributed by atoms with E-state index in [0.29, 0.717) is 46.0 Å². The fourth-order valence-electron chi connectivity index (χ4n) is 3.94. The number of fused-ring (bicyclic) bond motifs is 1. The van der Waals surface area contributed by atoms with Crippen molar-refractivity contribution in [1.29, 1.82) is 0 Å². The average Bonchev–Trinajstić information content (AvgIpc) is 3.53. The first kappa shape index (κ1) is 19.3. The van der Waals surface area contributed by atoms with Crippen molar-refractivity contribution in [2.75, 3.05) is 6.54 Å². The third-order valence-corrected chi connectivity index (χ3v) is 5.55. The van der Waals surface area contributed by atoms with E-state index in [0.717, 1.165) is 19.3 Å². The molecule has 0 saturated carbocycles. The standard InChI is InChI=1S/C25H23N3O3/c29-25(26-13-12-17-6-2-1-3-7-17)18-10-11-19-20(16-18)28-24(22-9-5-15-31-22)23(27-19)21-8-4-14-30-21/h4-6,8-11,14-16H,1-3,7,12-13H2,(H,26,29). The molecule has 1 aromatic carbocycles. The van der Waals surface area contributed by atoms with Gasteiger partial charge in [0.25, 0.3) is 5.91 Å². The molecule has 0 aliphatic heterocycles. The van der Waals surface area contributed by atoms with Crippen LogP contribution in [0.4, 0.5) is 0 Å². The van der Waals surface area contributed by atoms with Crippen molar-refractivity contribution < 1.29 is 13.6 Å². The maximum Gasteiger partial charge on any atom is 0.251 e. The molecule has 6 nitrogen and oxygen atoms in total. The summed E-state index contributed by atoms with van der Waals surface area (Å²) in [4.78, 5) is 22.2. The van der Waals surface area contributed by atoms with E-state index in [9.17, 15) is 4.79 Å². The van der Waals surface area contributed by atoms with Gasteiger partial charge in [-0.05, 0) is 74.6 Å². The summed E-state index contributed by atoms with van der Waals surface area (Å²) in [6.07, 6.45) is 11.3. The van der Waals surface area contributed by atoms with Crippen molar-refractivity contribution in [3.63, 3.8) is 0 Å². The second-order valence-electron chi connectivity index (χ2n) is 7.69. The predicted molar refractivity (Wildman–Crippen MR) is 118 cm³/mol. The smallest absolute Gasteiger partial charge is 0.251 e. The van der Waals surface area contributed by atoms with E-state index in [1.807, 2.05) is 24.3 Å². The van der Waals surface area contributed by atoms with Crippen LogP contribution >= 0.6 is 0 Å². The second-order valence-corrected chi connectivity index (χ2v) is 7.69. The van der Waals surface area contributed by atoms with Crippen LogP contribution < -0.4 is 5.32 Å². The highest BCUT2D eigenvalue weighted by atomic mass is 16.3. The molecule has 0 atom stereocenters. The molecular weight excluding hydrogens is 390 g/mol. The van der Waals surface area contributed by atoms with E-state index in [4.69, 9.17) is 18.8 Å². The number of hydrogen-bond acceptors (Lipinski definition) is 5. The van der Waals surface area contributed by atoms with Crippen LogP contribution in [0.5, 0.6) is 0 Å². The molecule has 5 rings (SSSR count).